The van der Waals surface area contributed by atoms with Crippen molar-refractivity contribution in [2.45, 2.75) is 25.0 Å². The number of hydrogen-bond donors (Lipinski definition) is 2. The lowest BCUT2D eigenvalue weighted by Gasteiger charge is -2.17. The van der Waals surface area contributed by atoms with Crippen LogP contribution in [-0.2, 0) is 6.42 Å². The molecule has 0 fully saturated rings. The number of carboxylic acid groups (broad SMARTS) is 1. The lowest BCUT2D eigenvalue weighted by Crippen LogP contribution is -2.23. The lowest BCUT2D eigenvalue weighted by atomic mass is 9.90. The van der Waals surface area contributed by atoms with Gasteiger partial charge in [0.05, 0.1) is 5.25 Å². The van der Waals surface area contributed by atoms with Crippen LogP contribution >= 0.6 is 24.0 Å². The Labute approximate surface area is 96.5 Å². The Morgan fingerprint density at radius 3 is 2.87 bits per heavy atom. The zero-order chi connectivity index (χ0) is 11.2. The Morgan fingerprint density at radius 1 is 1.60 bits per heavy atom. The van der Waals surface area contributed by atoms with E-state index in [1.165, 1.54) is 11.3 Å². The summed E-state index contributed by atoms with van der Waals surface area (Å²) in [6, 6.07) is 0. The van der Waals surface area contributed by atoms with Crippen molar-refractivity contribution in [1.29, 1.82) is 0 Å². The molecule has 0 spiro atoms. The topological polar surface area (TPSA) is 54.4 Å². The second kappa shape index (κ2) is 3.64. The molecule has 0 amide bonds. The van der Waals surface area contributed by atoms with Gasteiger partial charge in [-0.1, -0.05) is 0 Å². The van der Waals surface area contributed by atoms with E-state index >= 15 is 0 Å². The van der Waals surface area contributed by atoms with E-state index in [9.17, 15) is 9.59 Å². The van der Waals surface area contributed by atoms with Crippen LogP contribution in [0.2, 0.25) is 0 Å². The number of thiol groups is 1. The highest BCUT2D eigenvalue weighted by Crippen LogP contribution is 2.35. The van der Waals surface area contributed by atoms with Crippen molar-refractivity contribution in [3.8, 4) is 0 Å². The molecule has 5 heteroatoms. The molecular weight excluding hydrogens is 232 g/mol. The van der Waals surface area contributed by atoms with Crippen LogP contribution in [0.15, 0.2) is 0 Å². The molecule has 15 heavy (non-hydrogen) atoms. The number of Topliss-reactive ketones (excluding diaryl/α,β-unsaturated/α-hetero) is 1. The number of carbonyl (C=O) groups excluding carboxylic acids is 1. The van der Waals surface area contributed by atoms with Gasteiger partial charge >= 0.3 is 5.97 Å². The minimum absolute atomic E-state index is 0.0270. The molecule has 1 heterocycles. The van der Waals surface area contributed by atoms with Gasteiger partial charge in [0.15, 0.2) is 5.78 Å². The summed E-state index contributed by atoms with van der Waals surface area (Å²) in [5.41, 5.74) is 1.31. The van der Waals surface area contributed by atoms with Gasteiger partial charge in [-0.15, -0.1) is 11.3 Å². The number of aryl methyl sites for hydroxylation is 1. The molecule has 1 aromatic rings. The van der Waals surface area contributed by atoms with Crippen LogP contribution in [0.4, 0.5) is 0 Å². The first-order valence-electron chi connectivity index (χ1n) is 4.60. The number of hydrogen-bond acceptors (Lipinski definition) is 4. The van der Waals surface area contributed by atoms with Crippen LogP contribution in [0.25, 0.3) is 0 Å². The predicted molar refractivity (Wildman–Crippen MR) is 61.4 cm³/mol. The molecule has 3 nitrogen and oxygen atoms in total. The highest BCUT2D eigenvalue weighted by Gasteiger charge is 2.31. The molecule has 0 saturated heterocycles. The third-order valence-electron chi connectivity index (χ3n) is 2.59. The predicted octanol–water partition coefficient (Wildman–Crippen LogP) is 2.18. The van der Waals surface area contributed by atoms with Gasteiger partial charge in [-0.05, 0) is 25.3 Å². The molecule has 1 atom stereocenters. The van der Waals surface area contributed by atoms with E-state index in [4.69, 9.17) is 5.11 Å². The Hall–Kier alpha value is -0.810. The molecule has 0 bridgehead atoms. The Morgan fingerprint density at radius 2 is 2.27 bits per heavy atom. The summed E-state index contributed by atoms with van der Waals surface area (Å²) in [7, 11) is 0. The van der Waals surface area contributed by atoms with E-state index < -0.39 is 5.97 Å². The van der Waals surface area contributed by atoms with Gasteiger partial charge in [0.25, 0.3) is 0 Å². The maximum absolute atomic E-state index is 11.8. The van der Waals surface area contributed by atoms with Crippen LogP contribution < -0.4 is 0 Å². The molecule has 1 aliphatic carbocycles. The van der Waals surface area contributed by atoms with Crippen LogP contribution in [0.3, 0.4) is 0 Å². The SMILES string of the molecule is Cc1sc(C(=O)O)c2c1C(=O)C(S)CC2. The van der Waals surface area contributed by atoms with Gasteiger partial charge < -0.3 is 5.11 Å². The van der Waals surface area contributed by atoms with Gasteiger partial charge in [-0.25, -0.2) is 4.79 Å². The van der Waals surface area contributed by atoms with Gasteiger partial charge in [-0.2, -0.15) is 12.6 Å². The van der Waals surface area contributed by atoms with Crippen molar-refractivity contribution in [3.05, 3.63) is 20.9 Å². The quantitative estimate of drug-likeness (QED) is 0.742. The van der Waals surface area contributed by atoms with E-state index in [0.717, 1.165) is 4.88 Å². The smallest absolute Gasteiger partial charge is 0.346 e. The Bertz CT molecular complexity index is 448. The molecule has 1 aromatic heterocycles. The second-order valence-electron chi connectivity index (χ2n) is 3.56. The first kappa shape index (κ1) is 10.7. The molecular formula is C10H10O3S2. The van der Waals surface area contributed by atoms with Gasteiger partial charge in [0, 0.05) is 10.4 Å². The fourth-order valence-corrected chi connectivity index (χ4v) is 3.21. The normalized spacial score (nSPS) is 20.1. The third-order valence-corrected chi connectivity index (χ3v) is 4.22. The van der Waals surface area contributed by atoms with Gasteiger partial charge in [0.2, 0.25) is 0 Å². The van der Waals surface area contributed by atoms with Crippen molar-refractivity contribution in [2.24, 2.45) is 0 Å². The fourth-order valence-electron chi connectivity index (χ4n) is 1.90. The zero-order valence-corrected chi connectivity index (χ0v) is 9.82. The minimum Gasteiger partial charge on any atom is -0.477 e. The van der Waals surface area contributed by atoms with E-state index in [2.05, 4.69) is 12.6 Å². The summed E-state index contributed by atoms with van der Waals surface area (Å²) < 4.78 is 0. The monoisotopic (exact) mass is 242 g/mol. The van der Waals surface area contributed by atoms with Crippen molar-refractivity contribution in [2.75, 3.05) is 0 Å². The van der Waals surface area contributed by atoms with Crippen molar-refractivity contribution in [1.82, 2.24) is 0 Å². The van der Waals surface area contributed by atoms with Crippen molar-refractivity contribution >= 4 is 35.7 Å². The average molecular weight is 242 g/mol. The fraction of sp³-hybridized carbons (Fsp3) is 0.400. The molecule has 1 unspecified atom stereocenters. The first-order chi connectivity index (χ1) is 7.02. The van der Waals surface area contributed by atoms with Crippen LogP contribution in [0.5, 0.6) is 0 Å². The molecule has 0 radical (unpaired) electrons. The van der Waals surface area contributed by atoms with Crippen LogP contribution in [-0.4, -0.2) is 22.1 Å². The number of rotatable bonds is 1. The lowest BCUT2D eigenvalue weighted by molar-refractivity contribution is 0.0701. The van der Waals surface area contributed by atoms with E-state index in [1.54, 1.807) is 6.92 Å². The third kappa shape index (κ3) is 1.59. The minimum atomic E-state index is -0.935. The molecule has 0 aliphatic heterocycles. The summed E-state index contributed by atoms with van der Waals surface area (Å²) in [5, 5.41) is 8.72. The van der Waals surface area contributed by atoms with Crippen molar-refractivity contribution < 1.29 is 14.7 Å². The van der Waals surface area contributed by atoms with Crippen LogP contribution in [0, 0.1) is 6.92 Å². The van der Waals surface area contributed by atoms with Crippen LogP contribution in [0.1, 0.15) is 36.9 Å². The standard InChI is InChI=1S/C10H10O3S2/c1-4-7-5(9(15-4)10(12)13)2-3-6(14)8(7)11/h6,14H,2-3H2,1H3,(H,12,13). The van der Waals surface area contributed by atoms with E-state index in [1.807, 2.05) is 0 Å². The Balaban J connectivity index is 2.61. The molecule has 0 aromatic carbocycles. The van der Waals surface area contributed by atoms with Crippen molar-refractivity contribution in [3.63, 3.8) is 0 Å². The average Bonchev–Trinajstić information content (AvgIpc) is 2.50. The number of fused-ring (bicyclic) bond motifs is 1. The van der Waals surface area contributed by atoms with E-state index in [0.29, 0.717) is 28.8 Å². The van der Waals surface area contributed by atoms with Gasteiger partial charge in [0.1, 0.15) is 4.88 Å². The summed E-state index contributed by atoms with van der Waals surface area (Å²) in [5.74, 6) is -0.962. The maximum atomic E-state index is 11.8. The number of ketones is 1. The number of aromatic carboxylic acids is 1. The second-order valence-corrected chi connectivity index (χ2v) is 5.41. The number of carbonyl (C=O) groups is 2. The summed E-state index contributed by atoms with van der Waals surface area (Å²) in [4.78, 5) is 23.9. The highest BCUT2D eigenvalue weighted by molar-refractivity contribution is 7.81. The van der Waals surface area contributed by atoms with Gasteiger partial charge in [-0.3, -0.25) is 4.79 Å². The molecule has 80 valence electrons. The highest BCUT2D eigenvalue weighted by atomic mass is 32.1. The zero-order valence-electron chi connectivity index (χ0n) is 8.11. The summed E-state index contributed by atoms with van der Waals surface area (Å²) in [6.07, 6.45) is 1.27. The molecule has 1 N–H and O–H groups in total. The number of carboxylic acids is 1. The summed E-state index contributed by atoms with van der Waals surface area (Å²) >= 11 is 5.39. The number of thiophene rings is 1. The largest absolute Gasteiger partial charge is 0.477 e. The Kier molecular flexibility index (Phi) is 2.60. The first-order valence-corrected chi connectivity index (χ1v) is 5.93. The molecule has 2 rings (SSSR count). The van der Waals surface area contributed by atoms with E-state index in [-0.39, 0.29) is 11.0 Å². The molecule has 0 saturated carbocycles. The maximum Gasteiger partial charge on any atom is 0.346 e. The summed E-state index contributed by atoms with van der Waals surface area (Å²) in [6.45, 7) is 1.79. The molecule has 1 aliphatic rings.